The summed E-state index contributed by atoms with van der Waals surface area (Å²) >= 11 is 3.45. The molecular weight excluding hydrogens is 326 g/mol. The van der Waals surface area contributed by atoms with Crippen LogP contribution in [0.1, 0.15) is 33.5 Å². The third kappa shape index (κ3) is 3.35. The first-order valence-electron chi connectivity index (χ1n) is 7.26. The van der Waals surface area contributed by atoms with Crippen LogP contribution in [0.5, 0.6) is 0 Å². The van der Waals surface area contributed by atoms with Gasteiger partial charge in [-0.15, -0.1) is 0 Å². The summed E-state index contributed by atoms with van der Waals surface area (Å²) in [5.41, 5.74) is 4.59. The molecule has 0 heterocycles. The topological polar surface area (TPSA) is 29.1 Å². The minimum atomic E-state index is 0.0174. The van der Waals surface area contributed by atoms with E-state index in [0.29, 0.717) is 0 Å². The number of hydrogen-bond donors (Lipinski definition) is 1. The lowest BCUT2D eigenvalue weighted by atomic mass is 9.88. The fraction of sp³-hybridized carbons (Fsp3) is 0.278. The van der Waals surface area contributed by atoms with Gasteiger partial charge in [-0.05, 0) is 61.1 Å². The Morgan fingerprint density at radius 1 is 1.19 bits per heavy atom. The summed E-state index contributed by atoms with van der Waals surface area (Å²) in [6.07, 6.45) is 2.98. The van der Waals surface area contributed by atoms with Crippen LogP contribution >= 0.6 is 15.9 Å². The van der Waals surface area contributed by atoms with Gasteiger partial charge in [-0.3, -0.25) is 4.79 Å². The molecule has 21 heavy (non-hydrogen) atoms. The van der Waals surface area contributed by atoms with Crippen LogP contribution in [0.4, 0.5) is 0 Å². The molecule has 1 amide bonds. The fourth-order valence-electron chi connectivity index (χ4n) is 2.96. The first kappa shape index (κ1) is 14.3. The van der Waals surface area contributed by atoms with E-state index in [1.165, 1.54) is 11.1 Å². The number of fused-ring (bicyclic) bond motifs is 1. The summed E-state index contributed by atoms with van der Waals surface area (Å²) in [6.45, 7) is 2.00. The zero-order valence-corrected chi connectivity index (χ0v) is 13.6. The van der Waals surface area contributed by atoms with Crippen molar-refractivity contribution < 1.29 is 4.79 Å². The minimum Gasteiger partial charge on any atom is -0.349 e. The van der Waals surface area contributed by atoms with E-state index in [1.807, 2.05) is 25.1 Å². The lowest BCUT2D eigenvalue weighted by molar-refractivity contribution is 0.0933. The van der Waals surface area contributed by atoms with Gasteiger partial charge in [0.15, 0.2) is 0 Å². The number of rotatable bonds is 2. The van der Waals surface area contributed by atoms with Crippen molar-refractivity contribution in [2.45, 2.75) is 32.2 Å². The van der Waals surface area contributed by atoms with E-state index in [9.17, 15) is 4.79 Å². The van der Waals surface area contributed by atoms with Crippen molar-refractivity contribution in [2.75, 3.05) is 0 Å². The van der Waals surface area contributed by atoms with Crippen molar-refractivity contribution in [3.8, 4) is 0 Å². The van der Waals surface area contributed by atoms with Crippen molar-refractivity contribution in [3.63, 3.8) is 0 Å². The van der Waals surface area contributed by atoms with Gasteiger partial charge in [0, 0.05) is 16.1 Å². The Morgan fingerprint density at radius 3 is 2.71 bits per heavy atom. The van der Waals surface area contributed by atoms with E-state index >= 15 is 0 Å². The molecule has 0 saturated carbocycles. The largest absolute Gasteiger partial charge is 0.349 e. The van der Waals surface area contributed by atoms with Crippen LogP contribution in [-0.2, 0) is 12.8 Å². The second-order valence-corrected chi connectivity index (χ2v) is 6.61. The summed E-state index contributed by atoms with van der Waals surface area (Å²) in [4.78, 5) is 12.4. The van der Waals surface area contributed by atoms with Gasteiger partial charge in [-0.25, -0.2) is 0 Å². The van der Waals surface area contributed by atoms with Gasteiger partial charge in [0.05, 0.1) is 0 Å². The van der Waals surface area contributed by atoms with Gasteiger partial charge in [0.25, 0.3) is 5.91 Å². The highest BCUT2D eigenvalue weighted by molar-refractivity contribution is 9.10. The molecule has 0 aliphatic heterocycles. The van der Waals surface area contributed by atoms with Crippen LogP contribution in [0.2, 0.25) is 0 Å². The van der Waals surface area contributed by atoms with E-state index in [1.54, 1.807) is 0 Å². The molecular formula is C18H18BrNO. The highest BCUT2D eigenvalue weighted by Gasteiger charge is 2.20. The molecule has 0 spiro atoms. The second-order valence-electron chi connectivity index (χ2n) is 5.70. The second kappa shape index (κ2) is 6.02. The summed E-state index contributed by atoms with van der Waals surface area (Å²) in [5.74, 6) is 0.0174. The van der Waals surface area contributed by atoms with Gasteiger partial charge >= 0.3 is 0 Å². The zero-order chi connectivity index (χ0) is 14.8. The summed E-state index contributed by atoms with van der Waals surface area (Å²) in [6, 6.07) is 14.5. The van der Waals surface area contributed by atoms with Crippen LogP contribution in [0.3, 0.4) is 0 Å². The van der Waals surface area contributed by atoms with Crippen molar-refractivity contribution in [2.24, 2.45) is 0 Å². The molecule has 1 aliphatic carbocycles. The number of nitrogens with one attached hydrogen (secondary N) is 1. The molecule has 1 aliphatic rings. The highest BCUT2D eigenvalue weighted by atomic mass is 79.9. The molecule has 0 bridgehead atoms. The molecule has 2 aromatic rings. The lowest BCUT2D eigenvalue weighted by Gasteiger charge is -2.25. The predicted molar refractivity (Wildman–Crippen MR) is 88.6 cm³/mol. The normalized spacial score (nSPS) is 17.1. The van der Waals surface area contributed by atoms with Gasteiger partial charge in [0.1, 0.15) is 0 Å². The molecule has 1 atom stereocenters. The van der Waals surface area contributed by atoms with E-state index in [4.69, 9.17) is 0 Å². The Labute approximate surface area is 133 Å². The SMILES string of the molecule is Cc1cc(Br)cc(C(=O)NC2CCc3ccccc3C2)c1. The number of halogens is 1. The maximum absolute atomic E-state index is 12.4. The Balaban J connectivity index is 1.71. The van der Waals surface area contributed by atoms with Crippen molar-refractivity contribution in [1.29, 1.82) is 0 Å². The monoisotopic (exact) mass is 343 g/mol. The molecule has 2 nitrogen and oxygen atoms in total. The van der Waals surface area contributed by atoms with Crippen LogP contribution in [0.15, 0.2) is 46.9 Å². The van der Waals surface area contributed by atoms with Crippen LogP contribution in [0.25, 0.3) is 0 Å². The number of amides is 1. The maximum Gasteiger partial charge on any atom is 0.251 e. The quantitative estimate of drug-likeness (QED) is 0.875. The highest BCUT2D eigenvalue weighted by Crippen LogP contribution is 2.22. The fourth-order valence-corrected chi connectivity index (χ4v) is 3.56. The molecule has 2 aromatic carbocycles. The first-order chi connectivity index (χ1) is 10.1. The predicted octanol–water partition coefficient (Wildman–Crippen LogP) is 4.04. The van der Waals surface area contributed by atoms with Gasteiger partial charge < -0.3 is 5.32 Å². The number of carbonyl (C=O) groups is 1. The Morgan fingerprint density at radius 2 is 1.95 bits per heavy atom. The third-order valence-corrected chi connectivity index (χ3v) is 4.44. The van der Waals surface area contributed by atoms with Crippen molar-refractivity contribution in [3.05, 3.63) is 69.2 Å². The van der Waals surface area contributed by atoms with E-state index < -0.39 is 0 Å². The zero-order valence-electron chi connectivity index (χ0n) is 12.0. The summed E-state index contributed by atoms with van der Waals surface area (Å²) in [5, 5.41) is 3.17. The average molecular weight is 344 g/mol. The van der Waals surface area contributed by atoms with Crippen LogP contribution in [0, 0.1) is 6.92 Å². The molecule has 108 valence electrons. The summed E-state index contributed by atoms with van der Waals surface area (Å²) in [7, 11) is 0. The molecule has 0 saturated heterocycles. The third-order valence-electron chi connectivity index (χ3n) is 3.99. The van der Waals surface area contributed by atoms with E-state index in [2.05, 4.69) is 45.5 Å². The number of carbonyl (C=O) groups excluding carboxylic acids is 1. The van der Waals surface area contributed by atoms with E-state index in [0.717, 1.165) is 34.9 Å². The Kier molecular flexibility index (Phi) is 4.11. The number of benzene rings is 2. The molecule has 3 heteroatoms. The molecule has 0 radical (unpaired) electrons. The first-order valence-corrected chi connectivity index (χ1v) is 8.06. The average Bonchev–Trinajstić information content (AvgIpc) is 2.46. The summed E-state index contributed by atoms with van der Waals surface area (Å²) < 4.78 is 0.946. The Hall–Kier alpha value is -1.61. The molecule has 3 rings (SSSR count). The molecule has 0 fully saturated rings. The number of hydrogen-bond acceptors (Lipinski definition) is 1. The molecule has 1 N–H and O–H groups in total. The number of aryl methyl sites for hydroxylation is 2. The molecule has 0 aromatic heterocycles. The Bertz CT molecular complexity index is 660. The van der Waals surface area contributed by atoms with Gasteiger partial charge in [-0.2, -0.15) is 0 Å². The smallest absolute Gasteiger partial charge is 0.251 e. The maximum atomic E-state index is 12.4. The lowest BCUT2D eigenvalue weighted by Crippen LogP contribution is -2.38. The van der Waals surface area contributed by atoms with Crippen LogP contribution in [-0.4, -0.2) is 11.9 Å². The van der Waals surface area contributed by atoms with Gasteiger partial charge in [-0.1, -0.05) is 40.2 Å². The van der Waals surface area contributed by atoms with Crippen molar-refractivity contribution in [1.82, 2.24) is 5.32 Å². The molecule has 1 unspecified atom stereocenters. The van der Waals surface area contributed by atoms with Crippen LogP contribution < -0.4 is 5.32 Å². The van der Waals surface area contributed by atoms with E-state index in [-0.39, 0.29) is 11.9 Å². The standard InChI is InChI=1S/C18H18BrNO/c1-12-8-15(10-16(19)9-12)18(21)20-17-7-6-13-4-2-3-5-14(13)11-17/h2-5,8-10,17H,6-7,11H2,1H3,(H,20,21). The van der Waals surface area contributed by atoms with Crippen molar-refractivity contribution >= 4 is 21.8 Å². The van der Waals surface area contributed by atoms with Gasteiger partial charge in [0.2, 0.25) is 0 Å². The minimum absolute atomic E-state index is 0.0174.